The van der Waals surface area contributed by atoms with E-state index in [1.54, 1.807) is 19.1 Å². The maximum absolute atomic E-state index is 12.4. The lowest BCUT2D eigenvalue weighted by Gasteiger charge is -2.17. The van der Waals surface area contributed by atoms with Crippen LogP contribution in [0.5, 0.6) is 0 Å². The lowest BCUT2D eigenvalue weighted by Crippen LogP contribution is -2.41. The molecular weight excluding hydrogens is 356 g/mol. The minimum absolute atomic E-state index is 0.0742. The minimum atomic E-state index is -3.73. The molecule has 3 N–H and O–H groups in total. The van der Waals surface area contributed by atoms with Gasteiger partial charge in [0.1, 0.15) is 0 Å². The van der Waals surface area contributed by atoms with Crippen molar-refractivity contribution < 1.29 is 23.1 Å². The van der Waals surface area contributed by atoms with Crippen molar-refractivity contribution in [1.29, 1.82) is 0 Å². The van der Waals surface area contributed by atoms with Gasteiger partial charge in [0.05, 0.1) is 10.8 Å². The second-order valence-electron chi connectivity index (χ2n) is 6.14. The van der Waals surface area contributed by atoms with Crippen LogP contribution in [0.3, 0.4) is 0 Å². The number of carbonyl (C=O) groups is 2. The number of carboxylic acid groups (broad SMARTS) is 1. The second kappa shape index (κ2) is 8.29. The topological polar surface area (TPSA) is 113 Å². The largest absolute Gasteiger partial charge is 0.481 e. The molecular formula is C18H22N2O5S. The third-order valence-electron chi connectivity index (χ3n) is 4.20. The summed E-state index contributed by atoms with van der Waals surface area (Å²) in [6.07, 6.45) is -0.0799. The average Bonchev–Trinajstić information content (AvgIpc) is 2.60. The van der Waals surface area contributed by atoms with E-state index in [9.17, 15) is 18.0 Å². The summed E-state index contributed by atoms with van der Waals surface area (Å²) in [5.41, 5.74) is 0. The van der Waals surface area contributed by atoms with Crippen molar-refractivity contribution in [2.24, 2.45) is 5.92 Å². The highest BCUT2D eigenvalue weighted by atomic mass is 32.2. The molecule has 0 saturated heterocycles. The quantitative estimate of drug-likeness (QED) is 0.648. The molecule has 2 rings (SSSR count). The van der Waals surface area contributed by atoms with Gasteiger partial charge in [-0.15, -0.1) is 0 Å². The van der Waals surface area contributed by atoms with Crippen LogP contribution in [0, 0.1) is 5.92 Å². The van der Waals surface area contributed by atoms with Gasteiger partial charge in [0, 0.05) is 19.0 Å². The van der Waals surface area contributed by atoms with E-state index < -0.39 is 33.9 Å². The highest BCUT2D eigenvalue weighted by molar-refractivity contribution is 7.89. The Kier molecular flexibility index (Phi) is 6.33. The Bertz CT molecular complexity index is 911. The molecule has 0 aliphatic carbocycles. The molecule has 0 saturated carbocycles. The maximum atomic E-state index is 12.4. The van der Waals surface area contributed by atoms with Gasteiger partial charge in [-0.1, -0.05) is 30.3 Å². The Morgan fingerprint density at radius 2 is 1.73 bits per heavy atom. The van der Waals surface area contributed by atoms with Crippen LogP contribution >= 0.6 is 0 Å². The highest BCUT2D eigenvalue weighted by Crippen LogP contribution is 2.18. The summed E-state index contributed by atoms with van der Waals surface area (Å²) in [5, 5.41) is 13.2. The third kappa shape index (κ3) is 5.03. The fourth-order valence-corrected chi connectivity index (χ4v) is 3.45. The summed E-state index contributed by atoms with van der Waals surface area (Å²) in [4.78, 5) is 22.8. The molecule has 0 radical (unpaired) electrons. The molecule has 8 heteroatoms. The Balaban J connectivity index is 1.93. The van der Waals surface area contributed by atoms with E-state index in [0.717, 1.165) is 10.8 Å². The molecule has 2 aromatic rings. The number of carboxylic acids is 1. The first-order chi connectivity index (χ1) is 12.2. The fraction of sp³-hybridized carbons (Fsp3) is 0.333. The first-order valence-corrected chi connectivity index (χ1v) is 9.69. The fourth-order valence-electron chi connectivity index (χ4n) is 2.38. The van der Waals surface area contributed by atoms with Crippen LogP contribution in [0.4, 0.5) is 0 Å². The number of hydrogen-bond acceptors (Lipinski definition) is 4. The summed E-state index contributed by atoms with van der Waals surface area (Å²) >= 11 is 0. The molecule has 2 aromatic carbocycles. The Labute approximate surface area is 152 Å². The van der Waals surface area contributed by atoms with Gasteiger partial charge < -0.3 is 10.4 Å². The zero-order chi connectivity index (χ0) is 19.3. The van der Waals surface area contributed by atoms with Gasteiger partial charge in [-0.05, 0) is 36.8 Å². The van der Waals surface area contributed by atoms with Crippen molar-refractivity contribution in [3.05, 3.63) is 42.5 Å². The normalized spacial score (nSPS) is 13.9. The number of sulfonamides is 1. The molecule has 7 nitrogen and oxygen atoms in total. The molecule has 0 aromatic heterocycles. The van der Waals surface area contributed by atoms with Crippen LogP contribution in [-0.4, -0.2) is 38.0 Å². The molecule has 2 unspecified atom stereocenters. The summed E-state index contributed by atoms with van der Waals surface area (Å²) < 4.78 is 27.1. The van der Waals surface area contributed by atoms with E-state index in [-0.39, 0.29) is 17.9 Å². The van der Waals surface area contributed by atoms with Crippen LogP contribution in [0.1, 0.15) is 20.3 Å². The van der Waals surface area contributed by atoms with Crippen LogP contribution in [-0.2, 0) is 19.6 Å². The molecule has 0 bridgehead atoms. The number of rotatable bonds is 8. The predicted molar refractivity (Wildman–Crippen MR) is 98.2 cm³/mol. The first kappa shape index (κ1) is 19.9. The molecule has 140 valence electrons. The lowest BCUT2D eigenvalue weighted by atomic mass is 10.0. The molecule has 0 aliphatic heterocycles. The third-order valence-corrected chi connectivity index (χ3v) is 5.66. The molecule has 0 spiro atoms. The smallest absolute Gasteiger partial charge is 0.308 e. The Morgan fingerprint density at radius 1 is 1.08 bits per heavy atom. The molecule has 0 heterocycles. The van der Waals surface area contributed by atoms with Crippen molar-refractivity contribution >= 4 is 32.7 Å². The van der Waals surface area contributed by atoms with Crippen LogP contribution < -0.4 is 10.0 Å². The minimum Gasteiger partial charge on any atom is -0.481 e. The van der Waals surface area contributed by atoms with Gasteiger partial charge in [-0.25, -0.2) is 13.1 Å². The number of fused-ring (bicyclic) bond motifs is 1. The SMILES string of the molecule is CC(NC(=O)CCNS(=O)(=O)c1ccc2ccccc2c1)C(C)C(=O)O. The van der Waals surface area contributed by atoms with Crippen molar-refractivity contribution in [3.8, 4) is 0 Å². The van der Waals surface area contributed by atoms with Crippen molar-refractivity contribution in [2.75, 3.05) is 6.54 Å². The Hall–Kier alpha value is -2.45. The molecule has 2 atom stereocenters. The van der Waals surface area contributed by atoms with Gasteiger partial charge in [0.15, 0.2) is 0 Å². The van der Waals surface area contributed by atoms with Gasteiger partial charge in [-0.2, -0.15) is 0 Å². The standard InChI is InChI=1S/C18H22N2O5S/c1-12(18(22)23)13(2)20-17(21)9-10-19-26(24,25)16-8-7-14-5-3-4-6-15(14)11-16/h3-8,11-13,19H,9-10H2,1-2H3,(H,20,21)(H,22,23). The number of amides is 1. The zero-order valence-electron chi connectivity index (χ0n) is 14.6. The number of hydrogen-bond donors (Lipinski definition) is 3. The average molecular weight is 378 g/mol. The monoisotopic (exact) mass is 378 g/mol. The van der Waals surface area contributed by atoms with E-state index in [1.807, 2.05) is 24.3 Å². The summed E-state index contributed by atoms with van der Waals surface area (Å²) in [6, 6.07) is 11.7. The van der Waals surface area contributed by atoms with Gasteiger partial charge >= 0.3 is 5.97 Å². The first-order valence-electron chi connectivity index (χ1n) is 8.21. The van der Waals surface area contributed by atoms with Crippen LogP contribution in [0.15, 0.2) is 47.4 Å². The van der Waals surface area contributed by atoms with E-state index in [1.165, 1.54) is 13.0 Å². The second-order valence-corrected chi connectivity index (χ2v) is 7.91. The van der Waals surface area contributed by atoms with Crippen molar-refractivity contribution in [3.63, 3.8) is 0 Å². The number of aliphatic carboxylic acids is 1. The van der Waals surface area contributed by atoms with E-state index >= 15 is 0 Å². The number of benzene rings is 2. The molecule has 1 amide bonds. The molecule has 26 heavy (non-hydrogen) atoms. The predicted octanol–water partition coefficient (Wildman–Crippen LogP) is 1.73. The summed E-state index contributed by atoms with van der Waals surface area (Å²) in [6.45, 7) is 3.01. The van der Waals surface area contributed by atoms with Crippen molar-refractivity contribution in [2.45, 2.75) is 31.2 Å². The lowest BCUT2D eigenvalue weighted by molar-refractivity contribution is -0.142. The summed E-state index contributed by atoms with van der Waals surface area (Å²) in [5.74, 6) is -2.14. The van der Waals surface area contributed by atoms with E-state index in [2.05, 4.69) is 10.0 Å². The van der Waals surface area contributed by atoms with E-state index in [4.69, 9.17) is 5.11 Å². The number of carbonyl (C=O) groups excluding carboxylic acids is 1. The summed E-state index contributed by atoms with van der Waals surface area (Å²) in [7, 11) is -3.73. The van der Waals surface area contributed by atoms with Gasteiger partial charge in [0.25, 0.3) is 0 Å². The van der Waals surface area contributed by atoms with Crippen molar-refractivity contribution in [1.82, 2.24) is 10.0 Å². The van der Waals surface area contributed by atoms with E-state index in [0.29, 0.717) is 0 Å². The highest BCUT2D eigenvalue weighted by Gasteiger charge is 2.21. The van der Waals surface area contributed by atoms with Gasteiger partial charge in [0.2, 0.25) is 15.9 Å². The number of nitrogens with one attached hydrogen (secondary N) is 2. The maximum Gasteiger partial charge on any atom is 0.308 e. The van der Waals surface area contributed by atoms with Crippen LogP contribution in [0.2, 0.25) is 0 Å². The van der Waals surface area contributed by atoms with Crippen LogP contribution in [0.25, 0.3) is 10.8 Å². The Morgan fingerprint density at radius 3 is 2.38 bits per heavy atom. The van der Waals surface area contributed by atoms with Gasteiger partial charge in [-0.3, -0.25) is 9.59 Å². The molecule has 0 fully saturated rings. The molecule has 0 aliphatic rings. The zero-order valence-corrected chi connectivity index (χ0v) is 15.4.